The number of thioether (sulfide) groups is 1. The lowest BCUT2D eigenvalue weighted by Crippen LogP contribution is -2.13. The van der Waals surface area contributed by atoms with Gasteiger partial charge in [0.1, 0.15) is 5.75 Å². The summed E-state index contributed by atoms with van der Waals surface area (Å²) in [6.45, 7) is 2.52. The van der Waals surface area contributed by atoms with E-state index in [1.165, 1.54) is 0 Å². The summed E-state index contributed by atoms with van der Waals surface area (Å²) >= 11 is 7.97. The van der Waals surface area contributed by atoms with Gasteiger partial charge in [-0.1, -0.05) is 29.8 Å². The predicted molar refractivity (Wildman–Crippen MR) is 119 cm³/mol. The summed E-state index contributed by atoms with van der Waals surface area (Å²) in [5.41, 5.74) is 2.77. The Labute approximate surface area is 180 Å². The Morgan fingerprint density at radius 1 is 1.28 bits per heavy atom. The van der Waals surface area contributed by atoms with Gasteiger partial charge >= 0.3 is 5.97 Å². The van der Waals surface area contributed by atoms with Gasteiger partial charge in [0.15, 0.2) is 0 Å². The second-order valence-electron chi connectivity index (χ2n) is 7.02. The average molecular weight is 433 g/mol. The van der Waals surface area contributed by atoms with E-state index in [4.69, 9.17) is 16.3 Å². The maximum Gasteiger partial charge on any atom is 0.340 e. The van der Waals surface area contributed by atoms with Crippen LogP contribution in [0.4, 0.5) is 0 Å². The number of aryl methyl sites for hydroxylation is 1. The van der Waals surface area contributed by atoms with Gasteiger partial charge in [-0.05, 0) is 39.2 Å². The molecule has 0 saturated carbocycles. The zero-order chi connectivity index (χ0) is 21.1. The van der Waals surface area contributed by atoms with E-state index in [1.54, 1.807) is 24.8 Å². The standard InChI is InChI=1S/C22H25ClN2O3S/c1-5-28-22(27)20-18(13-29-14-9-7-6-8-10-14)25(4)17-11-16(23)21(26)15(19(17)20)12-24(2)3/h6-11,26H,5,12-13H2,1-4H3. The van der Waals surface area contributed by atoms with Gasteiger partial charge in [0, 0.05) is 40.9 Å². The van der Waals surface area contributed by atoms with Crippen LogP contribution in [0.1, 0.15) is 28.5 Å². The Morgan fingerprint density at radius 3 is 2.59 bits per heavy atom. The third-order valence-electron chi connectivity index (χ3n) is 4.71. The van der Waals surface area contributed by atoms with Crippen LogP contribution in [0.3, 0.4) is 0 Å². The second-order valence-corrected chi connectivity index (χ2v) is 8.48. The molecule has 154 valence electrons. The number of aromatic nitrogens is 1. The van der Waals surface area contributed by atoms with Crippen LogP contribution >= 0.6 is 23.4 Å². The zero-order valence-corrected chi connectivity index (χ0v) is 18.6. The molecule has 0 saturated heterocycles. The molecular weight excluding hydrogens is 408 g/mol. The Kier molecular flexibility index (Phi) is 6.77. The molecule has 5 nitrogen and oxygen atoms in total. The lowest BCUT2D eigenvalue weighted by Gasteiger charge is -2.15. The highest BCUT2D eigenvalue weighted by atomic mass is 35.5. The Morgan fingerprint density at radius 2 is 1.97 bits per heavy atom. The maximum atomic E-state index is 13.0. The number of benzene rings is 2. The molecule has 3 rings (SSSR count). The average Bonchev–Trinajstić information content (AvgIpc) is 2.96. The number of hydrogen-bond acceptors (Lipinski definition) is 5. The van der Waals surface area contributed by atoms with E-state index < -0.39 is 0 Å². The van der Waals surface area contributed by atoms with E-state index in [0.717, 1.165) is 16.1 Å². The van der Waals surface area contributed by atoms with Crippen molar-refractivity contribution in [3.05, 3.63) is 58.2 Å². The first kappa shape index (κ1) is 21.6. The van der Waals surface area contributed by atoms with Crippen molar-refractivity contribution in [2.45, 2.75) is 24.1 Å². The fourth-order valence-electron chi connectivity index (χ4n) is 3.41. The van der Waals surface area contributed by atoms with Gasteiger partial charge in [-0.25, -0.2) is 4.79 Å². The van der Waals surface area contributed by atoms with Crippen molar-refractivity contribution < 1.29 is 14.6 Å². The van der Waals surface area contributed by atoms with Gasteiger partial charge in [0.25, 0.3) is 0 Å². The predicted octanol–water partition coefficient (Wildman–Crippen LogP) is 5.07. The molecule has 29 heavy (non-hydrogen) atoms. The number of halogens is 1. The number of hydrogen-bond donors (Lipinski definition) is 1. The summed E-state index contributed by atoms with van der Waals surface area (Å²) in [6.07, 6.45) is 0. The molecule has 7 heteroatoms. The van der Waals surface area contributed by atoms with Crippen molar-refractivity contribution in [1.82, 2.24) is 9.47 Å². The largest absolute Gasteiger partial charge is 0.506 e. The van der Waals surface area contributed by atoms with Gasteiger partial charge in [-0.2, -0.15) is 0 Å². The van der Waals surface area contributed by atoms with Crippen LogP contribution in [0, 0.1) is 0 Å². The molecule has 3 aromatic rings. The van der Waals surface area contributed by atoms with Gasteiger partial charge < -0.3 is 19.3 Å². The number of phenolic OH excluding ortho intramolecular Hbond substituents is 1. The van der Waals surface area contributed by atoms with Gasteiger partial charge in [-0.15, -0.1) is 11.8 Å². The molecule has 0 unspecified atom stereocenters. The van der Waals surface area contributed by atoms with E-state index in [2.05, 4.69) is 0 Å². The second kappa shape index (κ2) is 9.11. The van der Waals surface area contributed by atoms with E-state index in [0.29, 0.717) is 28.8 Å². The van der Waals surface area contributed by atoms with E-state index in [1.807, 2.05) is 60.9 Å². The molecule has 0 aliphatic rings. The van der Waals surface area contributed by atoms with Crippen LogP contribution in [0.15, 0.2) is 41.3 Å². The summed E-state index contributed by atoms with van der Waals surface area (Å²) in [4.78, 5) is 16.0. The molecule has 0 fully saturated rings. The Bertz CT molecular complexity index is 1030. The summed E-state index contributed by atoms with van der Waals surface area (Å²) < 4.78 is 7.36. The number of aromatic hydroxyl groups is 1. The van der Waals surface area contributed by atoms with E-state index in [-0.39, 0.29) is 23.3 Å². The number of rotatable bonds is 7. The fourth-order valence-corrected chi connectivity index (χ4v) is 4.62. The van der Waals surface area contributed by atoms with Crippen molar-refractivity contribution in [3.63, 3.8) is 0 Å². The Balaban J connectivity index is 2.22. The molecule has 1 aromatic heterocycles. The number of fused-ring (bicyclic) bond motifs is 1. The smallest absolute Gasteiger partial charge is 0.340 e. The highest BCUT2D eigenvalue weighted by Crippen LogP contribution is 2.40. The molecule has 0 atom stereocenters. The van der Waals surface area contributed by atoms with Crippen molar-refractivity contribution in [2.24, 2.45) is 7.05 Å². The van der Waals surface area contributed by atoms with Crippen LogP contribution in [0.5, 0.6) is 5.75 Å². The van der Waals surface area contributed by atoms with Crippen LogP contribution in [0.2, 0.25) is 5.02 Å². The molecule has 0 spiro atoms. The van der Waals surface area contributed by atoms with Crippen LogP contribution in [-0.2, 0) is 24.1 Å². The number of carbonyl (C=O) groups excluding carboxylic acids is 1. The minimum absolute atomic E-state index is 0.00581. The lowest BCUT2D eigenvalue weighted by molar-refractivity contribution is 0.0527. The summed E-state index contributed by atoms with van der Waals surface area (Å²) in [5.74, 6) is 0.207. The summed E-state index contributed by atoms with van der Waals surface area (Å²) in [7, 11) is 5.73. The lowest BCUT2D eigenvalue weighted by atomic mass is 10.0. The number of nitrogens with zero attached hydrogens (tertiary/aromatic N) is 2. The number of carbonyl (C=O) groups is 1. The monoisotopic (exact) mass is 432 g/mol. The Hall–Kier alpha value is -2.15. The van der Waals surface area contributed by atoms with Gasteiger partial charge in [-0.3, -0.25) is 0 Å². The zero-order valence-electron chi connectivity index (χ0n) is 17.0. The molecule has 0 bridgehead atoms. The van der Waals surface area contributed by atoms with Gasteiger partial charge in [0.2, 0.25) is 0 Å². The highest BCUT2D eigenvalue weighted by molar-refractivity contribution is 7.98. The molecule has 1 N–H and O–H groups in total. The van der Waals surface area contributed by atoms with Crippen LogP contribution in [0.25, 0.3) is 10.9 Å². The number of phenols is 1. The van der Waals surface area contributed by atoms with Crippen molar-refractivity contribution in [1.29, 1.82) is 0 Å². The van der Waals surface area contributed by atoms with Gasteiger partial charge in [0.05, 0.1) is 22.7 Å². The molecule has 0 aliphatic carbocycles. The summed E-state index contributed by atoms with van der Waals surface area (Å²) in [6, 6.07) is 11.7. The third kappa shape index (κ3) is 4.39. The van der Waals surface area contributed by atoms with Crippen LogP contribution < -0.4 is 0 Å². The minimum atomic E-state index is -0.386. The maximum absolute atomic E-state index is 13.0. The van der Waals surface area contributed by atoms with E-state index >= 15 is 0 Å². The first-order chi connectivity index (χ1) is 13.8. The molecule has 0 amide bonds. The topological polar surface area (TPSA) is 54.7 Å². The molecule has 0 aliphatic heterocycles. The molecular formula is C22H25ClN2O3S. The normalized spacial score (nSPS) is 11.4. The number of esters is 1. The highest BCUT2D eigenvalue weighted by Gasteiger charge is 2.27. The summed E-state index contributed by atoms with van der Waals surface area (Å²) in [5, 5.41) is 11.6. The SMILES string of the molecule is CCOC(=O)c1c(CSc2ccccc2)n(C)c2cc(Cl)c(O)c(CN(C)C)c12. The third-order valence-corrected chi connectivity index (χ3v) is 6.02. The first-order valence-corrected chi connectivity index (χ1v) is 10.7. The van der Waals surface area contributed by atoms with Crippen LogP contribution in [-0.4, -0.2) is 41.2 Å². The van der Waals surface area contributed by atoms with E-state index in [9.17, 15) is 9.90 Å². The molecule has 1 heterocycles. The molecule has 2 aromatic carbocycles. The minimum Gasteiger partial charge on any atom is -0.506 e. The quantitative estimate of drug-likeness (QED) is 0.417. The van der Waals surface area contributed by atoms with Crippen molar-refractivity contribution in [2.75, 3.05) is 20.7 Å². The number of ether oxygens (including phenoxy) is 1. The van der Waals surface area contributed by atoms with Crippen molar-refractivity contribution >= 4 is 40.2 Å². The first-order valence-electron chi connectivity index (χ1n) is 9.36. The molecule has 0 radical (unpaired) electrons. The fraction of sp³-hybridized carbons (Fsp3) is 0.318. The van der Waals surface area contributed by atoms with Crippen molar-refractivity contribution in [3.8, 4) is 5.75 Å².